The number of amides is 1. The Morgan fingerprint density at radius 3 is 2.71 bits per heavy atom. The maximum absolute atomic E-state index is 12.9. The molecule has 0 aromatic heterocycles. The van der Waals surface area contributed by atoms with Crippen molar-refractivity contribution in [2.75, 3.05) is 5.88 Å². The Bertz CT molecular complexity index is 421. The van der Waals surface area contributed by atoms with Crippen LogP contribution >= 0.6 is 27.5 Å². The molecule has 0 saturated heterocycles. The van der Waals surface area contributed by atoms with E-state index in [1.807, 2.05) is 13.8 Å². The summed E-state index contributed by atoms with van der Waals surface area (Å²) in [6.45, 7) is 3.82. The lowest BCUT2D eigenvalue weighted by molar-refractivity contribution is 0.0911. The minimum atomic E-state index is -0.452. The summed E-state index contributed by atoms with van der Waals surface area (Å²) in [4.78, 5) is 12.0. The van der Waals surface area contributed by atoms with Gasteiger partial charge in [0.25, 0.3) is 5.91 Å². The molecule has 0 aliphatic carbocycles. The van der Waals surface area contributed by atoms with Crippen LogP contribution in [0.5, 0.6) is 0 Å². The monoisotopic (exact) mass is 321 g/mol. The van der Waals surface area contributed by atoms with Crippen LogP contribution in [0.4, 0.5) is 4.39 Å². The van der Waals surface area contributed by atoms with Crippen molar-refractivity contribution in [2.24, 2.45) is 0 Å². The molecule has 1 rings (SSSR count). The summed E-state index contributed by atoms with van der Waals surface area (Å²) in [6.07, 6.45) is 0.723. The summed E-state index contributed by atoms with van der Waals surface area (Å²) in [5.41, 5.74) is -0.0527. The maximum Gasteiger partial charge on any atom is 0.252 e. The molecule has 1 unspecified atom stereocenters. The molecule has 0 spiro atoms. The number of hydrogen-bond acceptors (Lipinski definition) is 1. The first-order chi connectivity index (χ1) is 7.91. The number of carbonyl (C=O) groups is 1. The first-order valence-electron chi connectivity index (χ1n) is 5.25. The fourth-order valence-corrected chi connectivity index (χ4v) is 2.02. The van der Waals surface area contributed by atoms with E-state index in [4.69, 9.17) is 11.6 Å². The first kappa shape index (κ1) is 14.5. The molecular formula is C12H14BrClFNO. The highest BCUT2D eigenvalue weighted by molar-refractivity contribution is 9.10. The van der Waals surface area contributed by atoms with Crippen LogP contribution in [0.15, 0.2) is 22.7 Å². The number of alkyl halides is 1. The number of halogens is 3. The first-order valence-corrected chi connectivity index (χ1v) is 6.58. The minimum Gasteiger partial charge on any atom is -0.346 e. The predicted octanol–water partition coefficient (Wildman–Crippen LogP) is 3.73. The van der Waals surface area contributed by atoms with Crippen LogP contribution in [0, 0.1) is 5.82 Å². The second kappa shape index (κ2) is 5.83. The largest absolute Gasteiger partial charge is 0.346 e. The SMILES string of the molecule is CCC(C)(CCl)NC(=O)c1ccc(F)cc1Br. The molecule has 1 atom stereocenters. The molecular weight excluding hydrogens is 308 g/mol. The van der Waals surface area contributed by atoms with Gasteiger partial charge in [-0.15, -0.1) is 11.6 Å². The third-order valence-electron chi connectivity index (χ3n) is 2.67. The van der Waals surface area contributed by atoms with Crippen molar-refractivity contribution in [1.82, 2.24) is 5.32 Å². The lowest BCUT2D eigenvalue weighted by atomic mass is 10.0. The van der Waals surface area contributed by atoms with Crippen LogP contribution in [-0.4, -0.2) is 17.3 Å². The fourth-order valence-electron chi connectivity index (χ4n) is 1.23. The van der Waals surface area contributed by atoms with E-state index in [0.717, 1.165) is 6.42 Å². The average molecular weight is 323 g/mol. The highest BCUT2D eigenvalue weighted by Gasteiger charge is 2.24. The zero-order valence-corrected chi connectivity index (χ0v) is 12.0. The lowest BCUT2D eigenvalue weighted by Crippen LogP contribution is -2.47. The number of carbonyl (C=O) groups excluding carboxylic acids is 1. The van der Waals surface area contributed by atoms with Crippen molar-refractivity contribution in [2.45, 2.75) is 25.8 Å². The van der Waals surface area contributed by atoms with Crippen molar-refractivity contribution in [3.63, 3.8) is 0 Å². The Morgan fingerprint density at radius 2 is 2.24 bits per heavy atom. The number of rotatable bonds is 4. The Balaban J connectivity index is 2.90. The van der Waals surface area contributed by atoms with Gasteiger partial charge in [-0.3, -0.25) is 4.79 Å². The van der Waals surface area contributed by atoms with Gasteiger partial charge < -0.3 is 5.32 Å². The van der Waals surface area contributed by atoms with Crippen molar-refractivity contribution in [3.05, 3.63) is 34.1 Å². The van der Waals surface area contributed by atoms with Gasteiger partial charge in [-0.25, -0.2) is 4.39 Å². The highest BCUT2D eigenvalue weighted by atomic mass is 79.9. The Labute approximate surface area is 114 Å². The molecule has 0 aliphatic rings. The smallest absolute Gasteiger partial charge is 0.252 e. The topological polar surface area (TPSA) is 29.1 Å². The van der Waals surface area contributed by atoms with E-state index in [-0.39, 0.29) is 11.7 Å². The Kier molecular flexibility index (Phi) is 4.95. The van der Waals surface area contributed by atoms with E-state index in [1.165, 1.54) is 18.2 Å². The fraction of sp³-hybridized carbons (Fsp3) is 0.417. The Morgan fingerprint density at radius 1 is 1.59 bits per heavy atom. The molecule has 1 aromatic carbocycles. The summed E-state index contributed by atoms with van der Waals surface area (Å²) in [7, 11) is 0. The zero-order chi connectivity index (χ0) is 13.1. The van der Waals surface area contributed by atoms with E-state index in [9.17, 15) is 9.18 Å². The lowest BCUT2D eigenvalue weighted by Gasteiger charge is -2.27. The van der Waals surface area contributed by atoms with Crippen LogP contribution < -0.4 is 5.32 Å². The molecule has 1 N–H and O–H groups in total. The van der Waals surface area contributed by atoms with Crippen LogP contribution in [0.1, 0.15) is 30.6 Å². The standard InChI is InChI=1S/C12H14BrClFNO/c1-3-12(2,7-14)16-11(17)9-5-4-8(15)6-10(9)13/h4-6H,3,7H2,1-2H3,(H,16,17). The van der Waals surface area contributed by atoms with Gasteiger partial charge in [-0.1, -0.05) is 6.92 Å². The molecule has 2 nitrogen and oxygen atoms in total. The molecule has 0 radical (unpaired) electrons. The summed E-state index contributed by atoms with van der Waals surface area (Å²) in [5.74, 6) is -0.320. The molecule has 0 saturated carbocycles. The highest BCUT2D eigenvalue weighted by Crippen LogP contribution is 2.20. The Hall–Kier alpha value is -0.610. The van der Waals surface area contributed by atoms with Crippen molar-refractivity contribution in [3.8, 4) is 0 Å². The molecule has 17 heavy (non-hydrogen) atoms. The van der Waals surface area contributed by atoms with Gasteiger partial charge >= 0.3 is 0 Å². The van der Waals surface area contributed by atoms with E-state index in [2.05, 4.69) is 21.2 Å². The summed E-state index contributed by atoms with van der Waals surface area (Å²) < 4.78 is 13.3. The van der Waals surface area contributed by atoms with Crippen LogP contribution in [0.3, 0.4) is 0 Å². The quantitative estimate of drug-likeness (QED) is 0.841. The summed E-state index contributed by atoms with van der Waals surface area (Å²) >= 11 is 8.98. The van der Waals surface area contributed by atoms with Gasteiger partial charge in [-0.05, 0) is 47.5 Å². The summed E-state index contributed by atoms with van der Waals surface area (Å²) in [5, 5.41) is 2.85. The van der Waals surface area contributed by atoms with Gasteiger partial charge in [0.2, 0.25) is 0 Å². The zero-order valence-electron chi connectivity index (χ0n) is 9.69. The second-order valence-corrected chi connectivity index (χ2v) is 5.25. The van der Waals surface area contributed by atoms with Crippen molar-refractivity contribution < 1.29 is 9.18 Å². The predicted molar refractivity (Wildman–Crippen MR) is 71.0 cm³/mol. The van der Waals surface area contributed by atoms with Gasteiger partial charge in [0.05, 0.1) is 11.1 Å². The number of hydrogen-bond donors (Lipinski definition) is 1. The molecule has 0 heterocycles. The molecule has 0 aliphatic heterocycles. The van der Waals surface area contributed by atoms with E-state index in [0.29, 0.717) is 15.9 Å². The second-order valence-electron chi connectivity index (χ2n) is 4.13. The third kappa shape index (κ3) is 3.68. The average Bonchev–Trinajstić information content (AvgIpc) is 2.28. The molecule has 1 aromatic rings. The third-order valence-corrected chi connectivity index (χ3v) is 3.91. The molecule has 1 amide bonds. The maximum atomic E-state index is 12.9. The van der Waals surface area contributed by atoms with E-state index < -0.39 is 5.54 Å². The molecule has 94 valence electrons. The normalized spacial score (nSPS) is 14.2. The van der Waals surface area contributed by atoms with Gasteiger partial charge in [0.15, 0.2) is 0 Å². The van der Waals surface area contributed by atoms with Crippen molar-refractivity contribution >= 4 is 33.4 Å². The molecule has 5 heteroatoms. The van der Waals surface area contributed by atoms with Gasteiger partial charge in [0.1, 0.15) is 5.82 Å². The van der Waals surface area contributed by atoms with Gasteiger partial charge in [-0.2, -0.15) is 0 Å². The van der Waals surface area contributed by atoms with Crippen molar-refractivity contribution in [1.29, 1.82) is 0 Å². The van der Waals surface area contributed by atoms with Crippen LogP contribution in [-0.2, 0) is 0 Å². The number of nitrogens with one attached hydrogen (secondary N) is 1. The molecule has 0 bridgehead atoms. The number of benzene rings is 1. The summed E-state index contributed by atoms with van der Waals surface area (Å²) in [6, 6.07) is 3.96. The van der Waals surface area contributed by atoms with Crippen LogP contribution in [0.2, 0.25) is 0 Å². The molecule has 0 fully saturated rings. The van der Waals surface area contributed by atoms with Crippen LogP contribution in [0.25, 0.3) is 0 Å². The van der Waals surface area contributed by atoms with Gasteiger partial charge in [0, 0.05) is 10.4 Å². The minimum absolute atomic E-state index is 0.262. The van der Waals surface area contributed by atoms with E-state index >= 15 is 0 Å². The van der Waals surface area contributed by atoms with E-state index in [1.54, 1.807) is 0 Å².